The van der Waals surface area contributed by atoms with E-state index in [0.717, 1.165) is 17.6 Å². The highest BCUT2D eigenvalue weighted by atomic mass is 16.1. The third kappa shape index (κ3) is 2.88. The van der Waals surface area contributed by atoms with Gasteiger partial charge in [0, 0.05) is 54.2 Å². The molecule has 0 aliphatic rings. The maximum Gasteiger partial charge on any atom is 0.226 e. The van der Waals surface area contributed by atoms with Crippen molar-refractivity contribution in [1.29, 1.82) is 0 Å². The summed E-state index contributed by atoms with van der Waals surface area (Å²) in [5.41, 5.74) is 3.28. The van der Waals surface area contributed by atoms with Gasteiger partial charge in [-0.2, -0.15) is 5.10 Å². The van der Waals surface area contributed by atoms with Crippen LogP contribution >= 0.6 is 0 Å². The summed E-state index contributed by atoms with van der Waals surface area (Å²) in [7, 11) is 0. The number of aryl methyl sites for hydroxylation is 3. The molecule has 22 heavy (non-hydrogen) atoms. The van der Waals surface area contributed by atoms with Crippen LogP contribution in [0.1, 0.15) is 19.0 Å². The third-order valence-electron chi connectivity index (χ3n) is 3.84. The van der Waals surface area contributed by atoms with Gasteiger partial charge in [-0.1, -0.05) is 0 Å². The van der Waals surface area contributed by atoms with Crippen LogP contribution in [0.15, 0.2) is 42.7 Å². The molecule has 0 saturated heterocycles. The van der Waals surface area contributed by atoms with E-state index in [0.29, 0.717) is 13.0 Å². The first kappa shape index (κ1) is 14.4. The van der Waals surface area contributed by atoms with E-state index in [4.69, 9.17) is 0 Å². The number of nitrogens with one attached hydrogen (secondary N) is 1. The second-order valence-corrected chi connectivity index (χ2v) is 5.37. The monoisotopic (exact) mass is 296 g/mol. The van der Waals surface area contributed by atoms with Gasteiger partial charge in [0.1, 0.15) is 0 Å². The lowest BCUT2D eigenvalue weighted by Crippen LogP contribution is -2.14. The van der Waals surface area contributed by atoms with Crippen LogP contribution in [-0.2, 0) is 17.9 Å². The summed E-state index contributed by atoms with van der Waals surface area (Å²) in [6.45, 7) is 5.78. The van der Waals surface area contributed by atoms with Gasteiger partial charge in [-0.05, 0) is 44.2 Å². The first-order valence-electron chi connectivity index (χ1n) is 7.54. The van der Waals surface area contributed by atoms with Gasteiger partial charge in [-0.3, -0.25) is 9.48 Å². The number of nitrogens with zero attached hydrogens (tertiary/aromatic N) is 3. The molecule has 2 aromatic heterocycles. The molecule has 3 rings (SSSR count). The van der Waals surface area contributed by atoms with Gasteiger partial charge in [-0.25, -0.2) is 0 Å². The average molecular weight is 296 g/mol. The number of amides is 1. The van der Waals surface area contributed by atoms with Gasteiger partial charge in [0.15, 0.2) is 0 Å². The summed E-state index contributed by atoms with van der Waals surface area (Å²) in [6.07, 6.45) is 3.98. The summed E-state index contributed by atoms with van der Waals surface area (Å²) < 4.78 is 4.02. The first-order chi connectivity index (χ1) is 10.7. The van der Waals surface area contributed by atoms with Crippen LogP contribution in [0.2, 0.25) is 0 Å². The molecular weight excluding hydrogens is 276 g/mol. The average Bonchev–Trinajstić information content (AvgIpc) is 3.11. The van der Waals surface area contributed by atoms with Crippen molar-refractivity contribution in [3.63, 3.8) is 0 Å². The Bertz CT molecular complexity index is 786. The minimum atomic E-state index is 0.00139. The number of hydrogen-bond donors (Lipinski definition) is 1. The Morgan fingerprint density at radius 2 is 2.18 bits per heavy atom. The number of aromatic nitrogens is 3. The minimum absolute atomic E-state index is 0.00139. The van der Waals surface area contributed by atoms with Crippen LogP contribution in [0.3, 0.4) is 0 Å². The Hall–Kier alpha value is -2.56. The molecule has 1 N–H and O–H groups in total. The summed E-state index contributed by atoms with van der Waals surface area (Å²) in [5.74, 6) is 0.00139. The van der Waals surface area contributed by atoms with E-state index >= 15 is 0 Å². The number of carbonyl (C=O) groups excluding carboxylic acids is 1. The van der Waals surface area contributed by atoms with Crippen molar-refractivity contribution >= 4 is 22.5 Å². The van der Waals surface area contributed by atoms with E-state index in [9.17, 15) is 4.79 Å². The van der Waals surface area contributed by atoms with Gasteiger partial charge < -0.3 is 9.88 Å². The van der Waals surface area contributed by atoms with Crippen LogP contribution in [-0.4, -0.2) is 20.3 Å². The number of anilines is 1. The molecular formula is C17H20N4O. The van der Waals surface area contributed by atoms with Crippen molar-refractivity contribution < 1.29 is 4.79 Å². The fourth-order valence-electron chi connectivity index (χ4n) is 2.78. The molecule has 3 aromatic rings. The molecule has 114 valence electrons. The van der Waals surface area contributed by atoms with E-state index in [-0.39, 0.29) is 5.91 Å². The predicted octanol–water partition coefficient (Wildman–Crippen LogP) is 3.19. The fraction of sp³-hybridized carbons (Fsp3) is 0.294. The Kier molecular flexibility index (Phi) is 3.96. The topological polar surface area (TPSA) is 51.9 Å². The highest BCUT2D eigenvalue weighted by Gasteiger charge is 2.07. The molecule has 1 aromatic carbocycles. The van der Waals surface area contributed by atoms with Crippen molar-refractivity contribution in [3.8, 4) is 0 Å². The molecule has 2 heterocycles. The van der Waals surface area contributed by atoms with Gasteiger partial charge >= 0.3 is 0 Å². The SMILES string of the molecule is CCn1c(C)cc2cc(NC(=O)CCn3cccn3)ccc21. The molecule has 0 fully saturated rings. The molecule has 0 spiro atoms. The molecule has 0 aliphatic heterocycles. The van der Waals surface area contributed by atoms with E-state index in [1.165, 1.54) is 11.2 Å². The highest BCUT2D eigenvalue weighted by Crippen LogP contribution is 2.23. The van der Waals surface area contributed by atoms with Crippen molar-refractivity contribution in [2.24, 2.45) is 0 Å². The standard InChI is InChI=1S/C17H20N4O/c1-3-21-13(2)11-14-12-15(5-6-16(14)21)19-17(22)7-10-20-9-4-8-18-20/h4-6,8-9,11-12H,3,7,10H2,1-2H3,(H,19,22). The molecule has 0 aliphatic carbocycles. The van der Waals surface area contributed by atoms with Gasteiger partial charge in [0.25, 0.3) is 0 Å². The maximum atomic E-state index is 12.0. The summed E-state index contributed by atoms with van der Waals surface area (Å²) in [4.78, 5) is 12.0. The zero-order valence-corrected chi connectivity index (χ0v) is 12.9. The Morgan fingerprint density at radius 3 is 2.91 bits per heavy atom. The zero-order valence-electron chi connectivity index (χ0n) is 12.9. The molecule has 1 amide bonds. The second kappa shape index (κ2) is 6.05. The molecule has 0 bridgehead atoms. The smallest absolute Gasteiger partial charge is 0.226 e. The van der Waals surface area contributed by atoms with Crippen molar-refractivity contribution in [1.82, 2.24) is 14.3 Å². The molecule has 0 atom stereocenters. The fourth-order valence-corrected chi connectivity index (χ4v) is 2.78. The third-order valence-corrected chi connectivity index (χ3v) is 3.84. The van der Waals surface area contributed by atoms with Crippen LogP contribution in [0.25, 0.3) is 10.9 Å². The summed E-state index contributed by atoms with van der Waals surface area (Å²) in [5, 5.41) is 8.20. The minimum Gasteiger partial charge on any atom is -0.345 e. The number of carbonyl (C=O) groups is 1. The number of benzene rings is 1. The zero-order chi connectivity index (χ0) is 15.5. The lowest BCUT2D eigenvalue weighted by atomic mass is 10.2. The van der Waals surface area contributed by atoms with Crippen LogP contribution in [0.4, 0.5) is 5.69 Å². The van der Waals surface area contributed by atoms with Crippen LogP contribution < -0.4 is 5.32 Å². The molecule has 0 radical (unpaired) electrons. The summed E-state index contributed by atoms with van der Waals surface area (Å²) in [6, 6.07) is 10.1. The van der Waals surface area contributed by atoms with Crippen molar-refractivity contribution in [2.45, 2.75) is 33.4 Å². The largest absolute Gasteiger partial charge is 0.345 e. The van der Waals surface area contributed by atoms with E-state index in [1.54, 1.807) is 10.9 Å². The predicted molar refractivity (Wildman–Crippen MR) is 87.8 cm³/mol. The number of hydrogen-bond acceptors (Lipinski definition) is 2. The van der Waals surface area contributed by atoms with Crippen molar-refractivity contribution in [2.75, 3.05) is 5.32 Å². The second-order valence-electron chi connectivity index (χ2n) is 5.37. The lowest BCUT2D eigenvalue weighted by Gasteiger charge is -2.07. The van der Waals surface area contributed by atoms with Gasteiger partial charge in [-0.15, -0.1) is 0 Å². The molecule has 5 nitrogen and oxygen atoms in total. The maximum absolute atomic E-state index is 12.0. The number of fused-ring (bicyclic) bond motifs is 1. The van der Waals surface area contributed by atoms with Crippen LogP contribution in [0, 0.1) is 6.92 Å². The molecule has 0 unspecified atom stereocenters. The normalized spacial score (nSPS) is 11.0. The van der Waals surface area contributed by atoms with Gasteiger partial charge in [0.2, 0.25) is 5.91 Å². The Balaban J connectivity index is 1.69. The quantitative estimate of drug-likeness (QED) is 0.786. The first-order valence-corrected chi connectivity index (χ1v) is 7.54. The highest BCUT2D eigenvalue weighted by molar-refractivity contribution is 5.94. The Morgan fingerprint density at radius 1 is 1.32 bits per heavy atom. The summed E-state index contributed by atoms with van der Waals surface area (Å²) >= 11 is 0. The Labute approximate surface area is 129 Å². The van der Waals surface area contributed by atoms with E-state index in [1.807, 2.05) is 24.4 Å². The van der Waals surface area contributed by atoms with Gasteiger partial charge in [0.05, 0.1) is 0 Å². The van der Waals surface area contributed by atoms with Crippen molar-refractivity contribution in [3.05, 3.63) is 48.4 Å². The van der Waals surface area contributed by atoms with Crippen LogP contribution in [0.5, 0.6) is 0 Å². The van der Waals surface area contributed by atoms with E-state index in [2.05, 4.69) is 41.0 Å². The lowest BCUT2D eigenvalue weighted by molar-refractivity contribution is -0.116. The number of rotatable bonds is 5. The van der Waals surface area contributed by atoms with E-state index < -0.39 is 0 Å². The molecule has 0 saturated carbocycles. The molecule has 5 heteroatoms.